The third-order valence-corrected chi connectivity index (χ3v) is 13.1. The maximum absolute atomic E-state index is 12.8. The van der Waals surface area contributed by atoms with E-state index in [0.29, 0.717) is 27.9 Å². The molecule has 0 unspecified atom stereocenters. The topological polar surface area (TPSA) is 128 Å². The van der Waals surface area contributed by atoms with Gasteiger partial charge in [-0.05, 0) is 80.6 Å². The van der Waals surface area contributed by atoms with E-state index in [4.69, 9.17) is 4.42 Å². The van der Waals surface area contributed by atoms with Crippen LogP contribution in [0.25, 0.3) is 33.4 Å². The van der Waals surface area contributed by atoms with Gasteiger partial charge in [0.05, 0.1) is 11.0 Å². The second kappa shape index (κ2) is 17.6. The first kappa shape index (κ1) is 39.6. The van der Waals surface area contributed by atoms with E-state index in [0.717, 1.165) is 73.7 Å². The predicted octanol–water partition coefficient (Wildman–Crippen LogP) is 8.68. The summed E-state index contributed by atoms with van der Waals surface area (Å²) in [5.41, 5.74) is 2.52. The zero-order chi connectivity index (χ0) is 38.3. The first-order valence-electron chi connectivity index (χ1n) is 17.7. The van der Waals surface area contributed by atoms with Crippen LogP contribution < -0.4 is 14.8 Å². The third-order valence-electron chi connectivity index (χ3n) is 9.15. The molecule has 4 aromatic rings. The zero-order valence-electron chi connectivity index (χ0n) is 30.1. The Morgan fingerprint density at radius 1 is 0.704 bits per heavy atom. The number of benzene rings is 5. The first-order chi connectivity index (χ1) is 26.0. The molecule has 0 atom stereocenters. The molecule has 0 saturated heterocycles. The van der Waals surface area contributed by atoms with Gasteiger partial charge in [0.1, 0.15) is 29.3 Å². The van der Waals surface area contributed by atoms with Crippen LogP contribution in [0.1, 0.15) is 26.7 Å². The van der Waals surface area contributed by atoms with Crippen molar-refractivity contribution in [3.05, 3.63) is 121 Å². The van der Waals surface area contributed by atoms with Crippen molar-refractivity contribution >= 4 is 60.4 Å². The Kier molecular flexibility index (Phi) is 12.9. The number of rotatable bonds is 16. The smallest absolute Gasteiger partial charge is 0.295 e. The molecule has 1 aliphatic heterocycles. The van der Waals surface area contributed by atoms with Crippen molar-refractivity contribution in [1.29, 1.82) is 0 Å². The Balaban J connectivity index is 1.43. The molecule has 0 saturated carbocycles. The SMILES string of the molecule is CCN(CCCSc1ccccc1)c1ccc2c(-c3ccc(S(=O)(=O)O)cc3S(=O)(=O)O)c3ccc(=[N+](CC)CCCSc4ccccc4)cc-3oc2c1. The van der Waals surface area contributed by atoms with Crippen molar-refractivity contribution < 1.29 is 30.4 Å². The fourth-order valence-corrected chi connectivity index (χ4v) is 9.52. The van der Waals surface area contributed by atoms with Gasteiger partial charge in [-0.3, -0.25) is 9.11 Å². The van der Waals surface area contributed by atoms with Gasteiger partial charge in [-0.2, -0.15) is 16.8 Å². The summed E-state index contributed by atoms with van der Waals surface area (Å²) in [5.74, 6) is 2.39. The van der Waals surface area contributed by atoms with E-state index >= 15 is 0 Å². The average Bonchev–Trinajstić information content (AvgIpc) is 3.16. The van der Waals surface area contributed by atoms with Gasteiger partial charge in [-0.1, -0.05) is 42.5 Å². The summed E-state index contributed by atoms with van der Waals surface area (Å²) in [6.45, 7) is 7.32. The summed E-state index contributed by atoms with van der Waals surface area (Å²) in [7, 11) is -9.71. The quantitative estimate of drug-likeness (QED) is 0.0323. The van der Waals surface area contributed by atoms with Gasteiger partial charge in [0.25, 0.3) is 20.2 Å². The summed E-state index contributed by atoms with van der Waals surface area (Å²) in [5, 5.41) is 1.51. The largest absolute Gasteiger partial charge is 0.456 e. The van der Waals surface area contributed by atoms with Crippen molar-refractivity contribution in [1.82, 2.24) is 4.58 Å². The Bertz CT molecular complexity index is 2490. The Morgan fingerprint density at radius 2 is 1.35 bits per heavy atom. The molecule has 0 spiro atoms. The molecule has 2 aliphatic rings. The number of nitrogens with zero attached hydrogens (tertiary/aromatic N) is 2. The van der Waals surface area contributed by atoms with Crippen LogP contribution in [-0.4, -0.2) is 63.6 Å². The van der Waals surface area contributed by atoms with E-state index in [2.05, 4.69) is 47.6 Å². The van der Waals surface area contributed by atoms with E-state index in [9.17, 15) is 25.9 Å². The number of fused-ring (bicyclic) bond motifs is 2. The maximum atomic E-state index is 12.8. The van der Waals surface area contributed by atoms with Crippen LogP contribution in [0.4, 0.5) is 5.69 Å². The second-order valence-electron chi connectivity index (χ2n) is 12.6. The molecular formula is C41H43N2O7S4+. The monoisotopic (exact) mass is 803 g/mol. The normalized spacial score (nSPS) is 12.7. The van der Waals surface area contributed by atoms with Gasteiger partial charge in [-0.15, -0.1) is 23.5 Å². The lowest BCUT2D eigenvalue weighted by Gasteiger charge is -2.24. The van der Waals surface area contributed by atoms with Gasteiger partial charge in [-0.25, -0.2) is 4.58 Å². The summed E-state index contributed by atoms with van der Waals surface area (Å²) in [4.78, 5) is 3.43. The minimum absolute atomic E-state index is 0.0757. The summed E-state index contributed by atoms with van der Waals surface area (Å²) in [6, 6.07) is 35.3. The van der Waals surface area contributed by atoms with Crippen LogP contribution in [0.15, 0.2) is 139 Å². The van der Waals surface area contributed by atoms with Crippen LogP contribution in [0.5, 0.6) is 0 Å². The fourth-order valence-electron chi connectivity index (χ4n) is 6.50. The van der Waals surface area contributed by atoms with Crippen molar-refractivity contribution in [2.45, 2.75) is 46.3 Å². The van der Waals surface area contributed by atoms with Gasteiger partial charge >= 0.3 is 0 Å². The van der Waals surface area contributed by atoms with Gasteiger partial charge in [0, 0.05) is 75.0 Å². The maximum Gasteiger partial charge on any atom is 0.295 e. The lowest BCUT2D eigenvalue weighted by Crippen LogP contribution is -2.31. The second-order valence-corrected chi connectivity index (χ2v) is 17.8. The zero-order valence-corrected chi connectivity index (χ0v) is 33.4. The molecule has 13 heteroatoms. The minimum atomic E-state index is -4.95. The Hall–Kier alpha value is -4.11. The summed E-state index contributed by atoms with van der Waals surface area (Å²) in [6.07, 6.45) is 1.90. The lowest BCUT2D eigenvalue weighted by molar-refractivity contribution is 0.481. The molecule has 0 aromatic heterocycles. The molecule has 0 amide bonds. The molecule has 0 radical (unpaired) electrons. The molecule has 2 N–H and O–H groups in total. The van der Waals surface area contributed by atoms with Crippen LogP contribution in [0, 0.1) is 0 Å². The van der Waals surface area contributed by atoms with Crippen LogP contribution in [0.3, 0.4) is 0 Å². The van der Waals surface area contributed by atoms with Crippen molar-refractivity contribution in [2.75, 3.05) is 42.6 Å². The summed E-state index contributed by atoms with van der Waals surface area (Å²) < 4.78 is 78.7. The Morgan fingerprint density at radius 3 is 1.96 bits per heavy atom. The average molecular weight is 804 g/mol. The standard InChI is InChI=1S/C41H42N2O7S4/c1-3-42(23-11-25-51-32-13-7-5-8-14-32)30-17-20-35-38(27-30)50-39-28-31(43(4-2)24-12-26-52-33-15-9-6-10-16-33)18-21-36(39)41(35)37-22-19-34(53(44,45)46)29-40(37)54(47,48)49/h5-10,13-22,27-29H,3-4,11-12,23-26H2,1-2H3,(H-,44,45,46,47,48,49)/p+1. The molecule has 0 fully saturated rings. The molecule has 54 heavy (non-hydrogen) atoms. The van der Waals surface area contributed by atoms with E-state index < -0.39 is 30.0 Å². The molecule has 0 bridgehead atoms. The number of thioether (sulfide) groups is 2. The third kappa shape index (κ3) is 9.57. The molecule has 6 rings (SSSR count). The van der Waals surface area contributed by atoms with E-state index in [-0.39, 0.29) is 5.56 Å². The fraction of sp³-hybridized carbons (Fsp3) is 0.244. The van der Waals surface area contributed by atoms with E-state index in [1.165, 1.54) is 15.9 Å². The van der Waals surface area contributed by atoms with E-state index in [1.807, 2.05) is 96.3 Å². The molecular weight excluding hydrogens is 761 g/mol. The highest BCUT2D eigenvalue weighted by molar-refractivity contribution is 7.99. The van der Waals surface area contributed by atoms with Crippen molar-refractivity contribution in [2.24, 2.45) is 0 Å². The van der Waals surface area contributed by atoms with Crippen molar-refractivity contribution in [3.63, 3.8) is 0 Å². The highest BCUT2D eigenvalue weighted by atomic mass is 32.2. The van der Waals surface area contributed by atoms with E-state index in [1.54, 1.807) is 0 Å². The highest BCUT2D eigenvalue weighted by Gasteiger charge is 2.27. The van der Waals surface area contributed by atoms with Crippen molar-refractivity contribution in [3.8, 4) is 22.5 Å². The van der Waals surface area contributed by atoms with Gasteiger partial charge in [0.15, 0.2) is 0 Å². The molecule has 4 aromatic carbocycles. The number of hydrogen-bond acceptors (Lipinski definition) is 8. The lowest BCUT2D eigenvalue weighted by atomic mass is 9.93. The first-order valence-corrected chi connectivity index (χ1v) is 22.6. The Labute approximate surface area is 325 Å². The molecule has 1 aliphatic carbocycles. The van der Waals surface area contributed by atoms with Gasteiger partial charge in [0.2, 0.25) is 5.36 Å². The van der Waals surface area contributed by atoms with Crippen LogP contribution in [0.2, 0.25) is 0 Å². The molecule has 9 nitrogen and oxygen atoms in total. The highest BCUT2D eigenvalue weighted by Crippen LogP contribution is 2.43. The molecule has 1 heterocycles. The number of anilines is 1. The summed E-state index contributed by atoms with van der Waals surface area (Å²) >= 11 is 3.63. The van der Waals surface area contributed by atoms with Crippen LogP contribution in [-0.2, 0) is 20.2 Å². The molecule has 282 valence electrons. The minimum Gasteiger partial charge on any atom is -0.456 e. The predicted molar refractivity (Wildman–Crippen MR) is 220 cm³/mol. The van der Waals surface area contributed by atoms with Gasteiger partial charge < -0.3 is 9.32 Å². The number of hydrogen-bond donors (Lipinski definition) is 2. The van der Waals surface area contributed by atoms with Crippen LogP contribution >= 0.6 is 23.5 Å².